The number of carbonyl (C=O) groups excluding carboxylic acids is 1. The summed E-state index contributed by atoms with van der Waals surface area (Å²) in [5, 5.41) is 12.6. The van der Waals surface area contributed by atoms with Gasteiger partial charge in [0, 0.05) is 24.9 Å². The zero-order valence-corrected chi connectivity index (χ0v) is 14.6. The van der Waals surface area contributed by atoms with Gasteiger partial charge in [0.2, 0.25) is 0 Å². The number of ether oxygens (including phenoxy) is 1. The van der Waals surface area contributed by atoms with Gasteiger partial charge in [0.25, 0.3) is 5.91 Å². The number of amides is 1. The van der Waals surface area contributed by atoms with Crippen LogP contribution in [-0.4, -0.2) is 34.1 Å². The Morgan fingerprint density at radius 3 is 2.54 bits per heavy atom. The molecule has 8 heteroatoms. The van der Waals surface area contributed by atoms with Crippen molar-refractivity contribution >= 4 is 29.1 Å². The van der Waals surface area contributed by atoms with Crippen molar-refractivity contribution in [2.24, 2.45) is 0 Å². The van der Waals surface area contributed by atoms with Gasteiger partial charge in [-0.15, -0.1) is 0 Å². The Labute approximate surface area is 149 Å². The lowest BCUT2D eigenvalue weighted by molar-refractivity contribution is 0.0947. The van der Waals surface area contributed by atoms with Crippen LogP contribution in [0.1, 0.15) is 29.0 Å². The first-order valence-corrected chi connectivity index (χ1v) is 8.10. The molecule has 0 unspecified atom stereocenters. The molecule has 0 aliphatic heterocycles. The Balaban J connectivity index is 1.68. The van der Waals surface area contributed by atoms with Crippen molar-refractivity contribution in [3.63, 3.8) is 0 Å². The van der Waals surface area contributed by atoms with Crippen LogP contribution in [0.5, 0.6) is 11.5 Å². The summed E-state index contributed by atoms with van der Waals surface area (Å²) in [5.74, 6) is 0.0717. The minimum Gasteiger partial charge on any atom is -0.508 e. The van der Waals surface area contributed by atoms with Crippen molar-refractivity contribution < 1.29 is 14.6 Å². The first-order chi connectivity index (χ1) is 11.5. The predicted octanol–water partition coefficient (Wildman–Crippen LogP) is 3.39. The number of aromatic hydroxyl groups is 1. The van der Waals surface area contributed by atoms with Crippen molar-refractivity contribution in [1.29, 1.82) is 0 Å². The van der Waals surface area contributed by atoms with E-state index in [-0.39, 0.29) is 21.7 Å². The van der Waals surface area contributed by atoms with Crippen molar-refractivity contribution in [3.05, 3.63) is 46.0 Å². The molecule has 128 valence electrons. The normalized spacial score (nSPS) is 10.5. The van der Waals surface area contributed by atoms with Crippen LogP contribution >= 0.6 is 23.2 Å². The van der Waals surface area contributed by atoms with Gasteiger partial charge in [-0.1, -0.05) is 23.2 Å². The molecule has 0 radical (unpaired) electrons. The molecule has 1 aromatic carbocycles. The van der Waals surface area contributed by atoms with Gasteiger partial charge in [0.05, 0.1) is 28.5 Å². The number of benzene rings is 1. The van der Waals surface area contributed by atoms with Crippen LogP contribution in [-0.2, 0) is 0 Å². The van der Waals surface area contributed by atoms with E-state index in [1.54, 1.807) is 13.1 Å². The van der Waals surface area contributed by atoms with Gasteiger partial charge < -0.3 is 15.2 Å². The molecule has 0 spiro atoms. The number of carbonyl (C=O) groups is 1. The Kier molecular flexibility index (Phi) is 6.63. The van der Waals surface area contributed by atoms with E-state index in [2.05, 4.69) is 15.3 Å². The molecule has 1 heterocycles. The number of rotatable bonds is 7. The van der Waals surface area contributed by atoms with Crippen LogP contribution in [0.4, 0.5) is 0 Å². The summed E-state index contributed by atoms with van der Waals surface area (Å²) in [7, 11) is 0. The second-order valence-corrected chi connectivity index (χ2v) is 5.91. The molecule has 0 saturated carbocycles. The third-order valence-electron chi connectivity index (χ3n) is 3.10. The van der Waals surface area contributed by atoms with Crippen LogP contribution in [0, 0.1) is 6.92 Å². The number of halogens is 2. The maximum atomic E-state index is 11.8. The molecule has 2 N–H and O–H groups in total. The van der Waals surface area contributed by atoms with E-state index in [1.165, 1.54) is 18.3 Å². The molecular formula is C16H17Cl2N3O3. The van der Waals surface area contributed by atoms with Gasteiger partial charge in [0.15, 0.2) is 5.75 Å². The van der Waals surface area contributed by atoms with E-state index in [4.69, 9.17) is 27.9 Å². The minimum absolute atomic E-state index is 0.0146. The van der Waals surface area contributed by atoms with E-state index in [0.29, 0.717) is 31.0 Å². The Morgan fingerprint density at radius 1 is 1.21 bits per heavy atom. The molecule has 0 aliphatic rings. The lowest BCUT2D eigenvalue weighted by Gasteiger charge is -2.10. The van der Waals surface area contributed by atoms with E-state index < -0.39 is 0 Å². The Bertz CT molecular complexity index is 685. The number of aryl methyl sites for hydroxylation is 1. The summed E-state index contributed by atoms with van der Waals surface area (Å²) < 4.78 is 5.52. The number of phenols is 1. The van der Waals surface area contributed by atoms with Gasteiger partial charge in [-0.05, 0) is 19.8 Å². The van der Waals surface area contributed by atoms with Gasteiger partial charge in [-0.3, -0.25) is 9.78 Å². The van der Waals surface area contributed by atoms with E-state index in [1.807, 2.05) is 0 Å². The summed E-state index contributed by atoms with van der Waals surface area (Å²) in [6.07, 6.45) is 4.42. The van der Waals surface area contributed by atoms with Crippen molar-refractivity contribution in [1.82, 2.24) is 15.3 Å². The topological polar surface area (TPSA) is 84.3 Å². The van der Waals surface area contributed by atoms with E-state index >= 15 is 0 Å². The van der Waals surface area contributed by atoms with Gasteiger partial charge in [-0.25, -0.2) is 4.98 Å². The fraction of sp³-hybridized carbons (Fsp3) is 0.312. The van der Waals surface area contributed by atoms with Gasteiger partial charge in [0.1, 0.15) is 11.4 Å². The number of nitrogens with zero attached hydrogens (tertiary/aromatic N) is 2. The molecule has 2 aromatic rings. The smallest absolute Gasteiger partial charge is 0.271 e. The number of phenolic OH excluding ortho intramolecular Hbond substituents is 1. The van der Waals surface area contributed by atoms with Crippen LogP contribution in [0.25, 0.3) is 0 Å². The Morgan fingerprint density at radius 2 is 1.92 bits per heavy atom. The van der Waals surface area contributed by atoms with Gasteiger partial charge >= 0.3 is 0 Å². The highest BCUT2D eigenvalue weighted by Gasteiger charge is 2.10. The summed E-state index contributed by atoms with van der Waals surface area (Å²) in [5.41, 5.74) is 1.05. The standard InChI is InChI=1S/C16H17Cl2N3O3/c1-10-8-21-14(9-20-10)16(23)19-4-2-3-5-24-15-12(17)6-11(22)7-13(15)18/h6-9,22H,2-5H2,1H3,(H,19,23). The monoisotopic (exact) mass is 369 g/mol. The first-order valence-electron chi connectivity index (χ1n) is 7.35. The molecule has 6 nitrogen and oxygen atoms in total. The highest BCUT2D eigenvalue weighted by Crippen LogP contribution is 2.36. The maximum Gasteiger partial charge on any atom is 0.271 e. The lowest BCUT2D eigenvalue weighted by Crippen LogP contribution is -2.25. The largest absolute Gasteiger partial charge is 0.508 e. The fourth-order valence-electron chi connectivity index (χ4n) is 1.89. The van der Waals surface area contributed by atoms with E-state index in [9.17, 15) is 9.90 Å². The van der Waals surface area contributed by atoms with Crippen molar-refractivity contribution in [2.75, 3.05) is 13.2 Å². The highest BCUT2D eigenvalue weighted by atomic mass is 35.5. The third kappa shape index (κ3) is 5.25. The Hall–Kier alpha value is -2.05. The van der Waals surface area contributed by atoms with Crippen LogP contribution in [0.3, 0.4) is 0 Å². The molecular weight excluding hydrogens is 353 g/mol. The first kappa shape index (κ1) is 18.3. The molecule has 2 rings (SSSR count). The molecule has 0 atom stereocenters. The highest BCUT2D eigenvalue weighted by molar-refractivity contribution is 6.37. The SMILES string of the molecule is Cc1cnc(C(=O)NCCCCOc2c(Cl)cc(O)cc2Cl)cn1. The second kappa shape index (κ2) is 8.70. The molecule has 1 aromatic heterocycles. The average molecular weight is 370 g/mol. The molecule has 24 heavy (non-hydrogen) atoms. The second-order valence-electron chi connectivity index (χ2n) is 5.09. The molecule has 0 bridgehead atoms. The maximum absolute atomic E-state index is 11.8. The van der Waals surface area contributed by atoms with Crippen LogP contribution < -0.4 is 10.1 Å². The number of aromatic nitrogens is 2. The lowest BCUT2D eigenvalue weighted by atomic mass is 10.3. The summed E-state index contributed by atoms with van der Waals surface area (Å²) in [6.45, 7) is 2.69. The summed E-state index contributed by atoms with van der Waals surface area (Å²) in [6, 6.07) is 2.73. The number of hydrogen-bond acceptors (Lipinski definition) is 5. The summed E-state index contributed by atoms with van der Waals surface area (Å²) >= 11 is 11.9. The predicted molar refractivity (Wildman–Crippen MR) is 92.0 cm³/mol. The number of unbranched alkanes of at least 4 members (excludes halogenated alkanes) is 1. The number of hydrogen-bond donors (Lipinski definition) is 2. The van der Waals surface area contributed by atoms with Crippen molar-refractivity contribution in [2.45, 2.75) is 19.8 Å². The third-order valence-corrected chi connectivity index (χ3v) is 3.66. The fourth-order valence-corrected chi connectivity index (χ4v) is 2.47. The molecule has 0 saturated heterocycles. The molecule has 0 aliphatic carbocycles. The average Bonchev–Trinajstić information content (AvgIpc) is 2.53. The minimum atomic E-state index is -0.256. The summed E-state index contributed by atoms with van der Waals surface area (Å²) in [4.78, 5) is 19.9. The van der Waals surface area contributed by atoms with E-state index in [0.717, 1.165) is 12.1 Å². The van der Waals surface area contributed by atoms with Crippen LogP contribution in [0.15, 0.2) is 24.5 Å². The number of nitrogens with one attached hydrogen (secondary N) is 1. The zero-order valence-electron chi connectivity index (χ0n) is 13.1. The quantitative estimate of drug-likeness (QED) is 0.730. The molecule has 1 amide bonds. The van der Waals surface area contributed by atoms with Crippen LogP contribution in [0.2, 0.25) is 10.0 Å². The zero-order chi connectivity index (χ0) is 17.5. The molecule has 0 fully saturated rings. The van der Waals surface area contributed by atoms with Gasteiger partial charge in [-0.2, -0.15) is 0 Å². The van der Waals surface area contributed by atoms with Crippen molar-refractivity contribution in [3.8, 4) is 11.5 Å².